The Balaban J connectivity index is 2.03. The summed E-state index contributed by atoms with van der Waals surface area (Å²) >= 11 is 5.86. The van der Waals surface area contributed by atoms with Crippen LogP contribution in [0.2, 0.25) is 5.02 Å². The molecule has 0 saturated heterocycles. The van der Waals surface area contributed by atoms with Crippen molar-refractivity contribution in [3.63, 3.8) is 0 Å². The first-order valence-electron chi connectivity index (χ1n) is 9.35. The van der Waals surface area contributed by atoms with Gasteiger partial charge in [0.25, 0.3) is 10.1 Å². The molecule has 0 spiro atoms. The second kappa shape index (κ2) is 8.53. The summed E-state index contributed by atoms with van der Waals surface area (Å²) in [6, 6.07) is 8.26. The van der Waals surface area contributed by atoms with Crippen LogP contribution < -0.4 is 0 Å². The van der Waals surface area contributed by atoms with Crippen molar-refractivity contribution in [2.45, 2.75) is 41.7 Å². The minimum atomic E-state index is -4.13. The Morgan fingerprint density at radius 1 is 1.00 bits per heavy atom. The van der Waals surface area contributed by atoms with Gasteiger partial charge >= 0.3 is 0 Å². The number of benzene rings is 2. The van der Waals surface area contributed by atoms with Crippen LogP contribution in [0.5, 0.6) is 0 Å². The molecule has 0 aliphatic heterocycles. The van der Waals surface area contributed by atoms with E-state index in [1.165, 1.54) is 24.3 Å². The van der Waals surface area contributed by atoms with Gasteiger partial charge in [0.05, 0.1) is 10.6 Å². The van der Waals surface area contributed by atoms with E-state index in [0.29, 0.717) is 5.02 Å². The summed E-state index contributed by atoms with van der Waals surface area (Å²) in [6.07, 6.45) is 0.737. The zero-order valence-corrected chi connectivity index (χ0v) is 18.3. The van der Waals surface area contributed by atoms with Crippen molar-refractivity contribution >= 4 is 31.6 Å². The van der Waals surface area contributed by atoms with E-state index in [9.17, 15) is 25.6 Å². The lowest BCUT2D eigenvalue weighted by Crippen LogP contribution is -2.41. The van der Waals surface area contributed by atoms with Gasteiger partial charge in [-0.05, 0) is 80.5 Å². The lowest BCUT2D eigenvalue weighted by molar-refractivity contribution is 0.280. The van der Waals surface area contributed by atoms with Crippen LogP contribution in [0.4, 0.5) is 8.78 Å². The van der Waals surface area contributed by atoms with E-state index < -0.39 is 42.1 Å². The minimum absolute atomic E-state index is 0.00548. The molecular weight excluding hydrogens is 458 g/mol. The number of hydrogen-bond donors (Lipinski definition) is 1. The van der Waals surface area contributed by atoms with Crippen LogP contribution in [-0.4, -0.2) is 27.1 Å². The molecule has 1 saturated carbocycles. The molecule has 0 radical (unpaired) electrons. The lowest BCUT2D eigenvalue weighted by atomic mass is 9.77. The normalized spacial score (nSPS) is 22.7. The third-order valence-corrected chi connectivity index (χ3v) is 9.31. The van der Waals surface area contributed by atoms with Crippen molar-refractivity contribution in [2.24, 2.45) is 5.92 Å². The summed E-state index contributed by atoms with van der Waals surface area (Å²) < 4.78 is 85.3. The maximum absolute atomic E-state index is 14.7. The van der Waals surface area contributed by atoms with Crippen molar-refractivity contribution in [2.75, 3.05) is 5.75 Å². The molecule has 0 atom stereocenters. The quantitative estimate of drug-likeness (QED) is 0.605. The first-order valence-corrected chi connectivity index (χ1v) is 12.8. The Morgan fingerprint density at radius 3 is 2.17 bits per heavy atom. The molecule has 0 unspecified atom stereocenters. The van der Waals surface area contributed by atoms with Crippen LogP contribution in [0.25, 0.3) is 0 Å². The van der Waals surface area contributed by atoms with E-state index in [-0.39, 0.29) is 48.5 Å². The summed E-state index contributed by atoms with van der Waals surface area (Å²) in [6.45, 7) is 0. The lowest BCUT2D eigenvalue weighted by Gasteiger charge is -2.40. The van der Waals surface area contributed by atoms with Gasteiger partial charge in [-0.3, -0.25) is 4.55 Å². The van der Waals surface area contributed by atoms with Gasteiger partial charge in [-0.15, -0.1) is 0 Å². The van der Waals surface area contributed by atoms with Gasteiger partial charge in [0.1, 0.15) is 16.4 Å². The fourth-order valence-electron chi connectivity index (χ4n) is 4.12. The fraction of sp³-hybridized carbons (Fsp3) is 0.400. The number of sulfone groups is 1. The Morgan fingerprint density at radius 2 is 1.60 bits per heavy atom. The van der Waals surface area contributed by atoms with Gasteiger partial charge in [-0.25, -0.2) is 17.2 Å². The van der Waals surface area contributed by atoms with E-state index in [1.807, 2.05) is 0 Å². The SMILES string of the molecule is O=S(=O)(O)CCC1CCC(c2cc(F)ccc2F)(S(=O)(=O)c2ccc(Cl)cc2)CC1. The molecule has 30 heavy (non-hydrogen) atoms. The average Bonchev–Trinajstić information content (AvgIpc) is 2.68. The van der Waals surface area contributed by atoms with Crippen LogP contribution in [-0.2, 0) is 24.7 Å². The fourth-order valence-corrected chi connectivity index (χ4v) is 7.04. The predicted octanol–water partition coefficient (Wildman–Crippen LogP) is 4.76. The van der Waals surface area contributed by atoms with E-state index in [2.05, 4.69) is 0 Å². The van der Waals surface area contributed by atoms with Crippen LogP contribution >= 0.6 is 11.6 Å². The molecule has 5 nitrogen and oxygen atoms in total. The van der Waals surface area contributed by atoms with Gasteiger partial charge in [0.15, 0.2) is 9.84 Å². The summed E-state index contributed by atoms with van der Waals surface area (Å²) in [5, 5.41) is 0.342. The Hall–Kier alpha value is -1.55. The molecule has 0 amide bonds. The molecule has 1 N–H and O–H groups in total. The number of halogens is 3. The highest BCUT2D eigenvalue weighted by Gasteiger charge is 2.50. The van der Waals surface area contributed by atoms with Gasteiger partial charge < -0.3 is 0 Å². The topological polar surface area (TPSA) is 88.5 Å². The Kier molecular flexibility index (Phi) is 6.57. The van der Waals surface area contributed by atoms with E-state index in [1.54, 1.807) is 0 Å². The molecule has 2 aromatic rings. The highest BCUT2D eigenvalue weighted by Crippen LogP contribution is 2.49. The maximum atomic E-state index is 14.7. The van der Waals surface area contributed by atoms with E-state index >= 15 is 0 Å². The zero-order chi connectivity index (χ0) is 22.2. The van der Waals surface area contributed by atoms with E-state index in [0.717, 1.165) is 18.2 Å². The van der Waals surface area contributed by atoms with E-state index in [4.69, 9.17) is 16.2 Å². The van der Waals surface area contributed by atoms with Gasteiger partial charge in [-0.1, -0.05) is 11.6 Å². The molecule has 1 aliphatic rings. The van der Waals surface area contributed by atoms with Crippen molar-refractivity contribution in [3.8, 4) is 0 Å². The van der Waals surface area contributed by atoms with Crippen molar-refractivity contribution in [1.82, 2.24) is 0 Å². The average molecular weight is 479 g/mol. The number of hydrogen-bond acceptors (Lipinski definition) is 4. The molecule has 1 aliphatic carbocycles. The third kappa shape index (κ3) is 4.69. The summed E-state index contributed by atoms with van der Waals surface area (Å²) in [7, 11) is -8.27. The van der Waals surface area contributed by atoms with Crippen molar-refractivity contribution < 1.29 is 30.2 Å². The monoisotopic (exact) mass is 478 g/mol. The second-order valence-corrected chi connectivity index (χ2v) is 11.9. The molecule has 0 heterocycles. The first kappa shape index (κ1) is 23.1. The predicted molar refractivity (Wildman–Crippen MR) is 110 cm³/mol. The minimum Gasteiger partial charge on any atom is -0.286 e. The van der Waals surface area contributed by atoms with Crippen molar-refractivity contribution in [3.05, 3.63) is 64.7 Å². The molecule has 0 bridgehead atoms. The molecule has 2 aromatic carbocycles. The highest BCUT2D eigenvalue weighted by atomic mass is 35.5. The highest BCUT2D eigenvalue weighted by molar-refractivity contribution is 7.92. The third-order valence-electron chi connectivity index (χ3n) is 5.75. The standard InChI is InChI=1S/C20H21ClF2O5S2/c21-15-1-4-17(5-2-15)30(27,28)20(18-13-16(22)3-6-19(18)23)10-7-14(8-11-20)9-12-29(24,25)26/h1-6,13-14H,7-12H2,(H,24,25,26). The van der Waals surface area contributed by atoms with Crippen LogP contribution in [0.1, 0.15) is 37.7 Å². The van der Waals surface area contributed by atoms with Gasteiger partial charge in [-0.2, -0.15) is 8.42 Å². The maximum Gasteiger partial charge on any atom is 0.264 e. The summed E-state index contributed by atoms with van der Waals surface area (Å²) in [5.74, 6) is -2.14. The number of rotatable bonds is 6. The van der Waals surface area contributed by atoms with Crippen LogP contribution in [0.15, 0.2) is 47.4 Å². The molecule has 164 valence electrons. The largest absolute Gasteiger partial charge is 0.286 e. The molecule has 0 aromatic heterocycles. The molecule has 10 heteroatoms. The zero-order valence-electron chi connectivity index (χ0n) is 15.9. The van der Waals surface area contributed by atoms with Crippen molar-refractivity contribution in [1.29, 1.82) is 0 Å². The van der Waals surface area contributed by atoms with Crippen LogP contribution in [0, 0.1) is 17.6 Å². The second-order valence-electron chi connectivity index (χ2n) is 7.59. The summed E-state index contributed by atoms with van der Waals surface area (Å²) in [4.78, 5) is -0.0491. The van der Waals surface area contributed by atoms with Gasteiger partial charge in [0, 0.05) is 10.6 Å². The molecule has 1 fully saturated rings. The summed E-state index contributed by atoms with van der Waals surface area (Å²) in [5.41, 5.74) is -0.231. The Bertz CT molecular complexity index is 1120. The first-order chi connectivity index (χ1) is 13.9. The molecule has 3 rings (SSSR count). The van der Waals surface area contributed by atoms with Gasteiger partial charge in [0.2, 0.25) is 0 Å². The smallest absolute Gasteiger partial charge is 0.264 e. The molecular formula is C20H21ClF2O5S2. The van der Waals surface area contributed by atoms with Crippen LogP contribution in [0.3, 0.4) is 0 Å². The Labute approximate surface area is 179 Å².